The van der Waals surface area contributed by atoms with Crippen molar-refractivity contribution in [2.45, 2.75) is 341 Å². The van der Waals surface area contributed by atoms with Crippen molar-refractivity contribution in [3.05, 3.63) is 158 Å². The minimum Gasteiger partial charge on any atom is -0.462 e. The van der Waals surface area contributed by atoms with Crippen LogP contribution in [0.3, 0.4) is 0 Å². The van der Waals surface area contributed by atoms with Crippen molar-refractivity contribution >= 4 is 39.5 Å². The van der Waals surface area contributed by atoms with Gasteiger partial charge in [-0.3, -0.25) is 37.3 Å². The van der Waals surface area contributed by atoms with Gasteiger partial charge in [0.1, 0.15) is 19.3 Å². The minimum atomic E-state index is -5.00. The van der Waals surface area contributed by atoms with Crippen molar-refractivity contribution in [3.63, 3.8) is 0 Å². The van der Waals surface area contributed by atoms with Gasteiger partial charge in [-0.25, -0.2) is 9.13 Å². The number of esters is 4. The Morgan fingerprint density at radius 2 is 0.481 bits per heavy atom. The predicted molar refractivity (Wildman–Crippen MR) is 445 cm³/mol. The second-order valence-electron chi connectivity index (χ2n) is 27.3. The molecule has 0 rings (SSSR count). The second kappa shape index (κ2) is 79.8. The largest absolute Gasteiger partial charge is 0.472 e. The molecule has 0 aliphatic rings. The van der Waals surface area contributed by atoms with Gasteiger partial charge in [0.25, 0.3) is 0 Å². The lowest BCUT2D eigenvalue weighted by Crippen LogP contribution is -2.30. The highest BCUT2D eigenvalue weighted by atomic mass is 31.2. The van der Waals surface area contributed by atoms with E-state index in [-0.39, 0.29) is 25.7 Å². The van der Waals surface area contributed by atoms with Gasteiger partial charge in [0.15, 0.2) is 12.2 Å². The number of rotatable bonds is 77. The van der Waals surface area contributed by atoms with E-state index in [1.54, 1.807) is 0 Å². The summed E-state index contributed by atoms with van der Waals surface area (Å²) in [5.74, 6) is -2.27. The summed E-state index contributed by atoms with van der Waals surface area (Å²) in [5, 5.41) is 10.7. The summed E-state index contributed by atoms with van der Waals surface area (Å²) in [7, 11) is -10.0. The van der Waals surface area contributed by atoms with Crippen LogP contribution in [-0.2, 0) is 65.4 Å². The van der Waals surface area contributed by atoms with Crippen LogP contribution in [0.2, 0.25) is 0 Å². The van der Waals surface area contributed by atoms with Gasteiger partial charge in [-0.2, -0.15) is 0 Å². The van der Waals surface area contributed by atoms with Crippen molar-refractivity contribution in [1.29, 1.82) is 0 Å². The molecule has 0 fully saturated rings. The van der Waals surface area contributed by atoms with Gasteiger partial charge in [0.2, 0.25) is 0 Å². The molecular weight excluding hydrogens is 1400 g/mol. The van der Waals surface area contributed by atoms with Gasteiger partial charge in [-0.15, -0.1) is 0 Å². The Balaban J connectivity index is 5.47. The fourth-order valence-corrected chi connectivity index (χ4v) is 12.2. The molecule has 0 aromatic carbocycles. The van der Waals surface area contributed by atoms with E-state index in [2.05, 4.69) is 186 Å². The first kappa shape index (κ1) is 103. The van der Waals surface area contributed by atoms with Gasteiger partial charge < -0.3 is 33.8 Å². The van der Waals surface area contributed by atoms with Crippen LogP contribution in [0.25, 0.3) is 0 Å². The minimum absolute atomic E-state index is 0.0472. The number of aliphatic hydroxyl groups excluding tert-OH is 1. The number of hydrogen-bond acceptors (Lipinski definition) is 15. The molecule has 0 heterocycles. The summed E-state index contributed by atoms with van der Waals surface area (Å²) in [6, 6.07) is 0. The lowest BCUT2D eigenvalue weighted by molar-refractivity contribution is -0.161. The maximum Gasteiger partial charge on any atom is 0.472 e. The first-order valence-electron chi connectivity index (χ1n) is 41.7. The Morgan fingerprint density at radius 3 is 0.778 bits per heavy atom. The first-order chi connectivity index (χ1) is 52.7. The number of carbonyl (C=O) groups excluding carboxylic acids is 4. The molecule has 17 nitrogen and oxygen atoms in total. The van der Waals surface area contributed by atoms with E-state index in [1.807, 2.05) is 0 Å². The molecule has 2 unspecified atom stereocenters. The average molecular weight is 1550 g/mol. The highest BCUT2D eigenvalue weighted by Crippen LogP contribution is 2.45. The molecule has 0 saturated heterocycles. The number of phosphoric acid groups is 2. The fourth-order valence-electron chi connectivity index (χ4n) is 10.7. The van der Waals surface area contributed by atoms with Crippen molar-refractivity contribution in [1.82, 2.24) is 0 Å². The summed E-state index contributed by atoms with van der Waals surface area (Å²) >= 11 is 0. The molecule has 19 heteroatoms. The molecule has 0 radical (unpaired) electrons. The van der Waals surface area contributed by atoms with Gasteiger partial charge in [0, 0.05) is 25.7 Å². The third-order valence-electron chi connectivity index (χ3n) is 17.0. The van der Waals surface area contributed by atoms with Crippen LogP contribution < -0.4 is 0 Å². The molecule has 3 N–H and O–H groups in total. The Labute approximate surface area is 655 Å². The van der Waals surface area contributed by atoms with E-state index >= 15 is 0 Å². The van der Waals surface area contributed by atoms with Crippen LogP contribution in [0.1, 0.15) is 323 Å². The summed E-state index contributed by atoms with van der Waals surface area (Å²) in [5.41, 5.74) is 0. The lowest BCUT2D eigenvalue weighted by Gasteiger charge is -2.21. The number of unbranched alkanes of at least 4 members (excludes halogenated alkanes) is 25. The van der Waals surface area contributed by atoms with Gasteiger partial charge in [-0.1, -0.05) is 282 Å². The van der Waals surface area contributed by atoms with Crippen LogP contribution in [0.4, 0.5) is 0 Å². The molecule has 5 atom stereocenters. The Morgan fingerprint density at radius 1 is 0.269 bits per heavy atom. The molecule has 0 aliphatic carbocycles. The van der Waals surface area contributed by atoms with Gasteiger partial charge >= 0.3 is 39.5 Å². The van der Waals surface area contributed by atoms with E-state index in [9.17, 15) is 43.2 Å². The fraction of sp³-hybridized carbons (Fsp3) is 0.663. The standard InChI is InChI=1S/C89H148O17P2/c1-5-9-13-17-21-25-29-33-37-39-41-43-47-51-55-59-63-67-71-75-88(93)105-84(79-99-86(91)73-69-65-61-57-53-49-45-35-31-27-23-19-15-11-7-3)81-103-107(95,96)101-77-83(90)78-102-108(97,98)104-82-85(80-100-87(92)74-70-66-62-58-54-50-46-36-32-28-24-20-16-12-8-4)106-89(94)76-72-68-64-60-56-52-48-44-42-40-38-34-30-26-22-18-14-10-6-2/h9-10,13-14,21-23,25-28,32-35,37-38,41-45,51-52,55-56,83-85,90H,5-8,11-12,15-20,24,29-31,36,39-40,46-50,53-54,57-82H2,1-4H3,(H,95,96)(H,97,98)/b13-9-,14-10-,25-21-,26-22-,27-23-,32-28-,37-33-,38-34-,43-41-,44-42-,45-35-,55-51-,56-52-/t83-,84-,85-/m1/s1. The average Bonchev–Trinajstić information content (AvgIpc) is 0.907. The van der Waals surface area contributed by atoms with Crippen molar-refractivity contribution in [2.24, 2.45) is 0 Å². The summed E-state index contributed by atoms with van der Waals surface area (Å²) in [4.78, 5) is 73.2. The van der Waals surface area contributed by atoms with Crippen molar-refractivity contribution < 1.29 is 80.2 Å². The third kappa shape index (κ3) is 78.8. The SMILES string of the molecule is CC/C=C\C/C=C\C/C=C\C/C=C\C/C=C\CCCCCC(=O)O[C@H](COC(=O)CCCCCCC/C=C\C/C=C\CCCCC)COP(=O)(O)OC[C@@H](O)COP(=O)(O)OC[C@@H](COC(=O)CCCCCCCCC/C=C\CCCCCC)OC(=O)CCCCC/C=C\C/C=C\C/C=C\C/C=C\C/C=C\CC. The Kier molecular flexibility index (Phi) is 75.8. The Bertz CT molecular complexity index is 2660. The summed E-state index contributed by atoms with van der Waals surface area (Å²) < 4.78 is 68.7. The maximum atomic E-state index is 13.1. The van der Waals surface area contributed by atoms with E-state index in [1.165, 1.54) is 51.4 Å². The summed E-state index contributed by atoms with van der Waals surface area (Å²) in [6.07, 6.45) is 93.5. The van der Waals surface area contributed by atoms with Crippen LogP contribution in [0.15, 0.2) is 158 Å². The molecule has 0 bridgehead atoms. The number of phosphoric ester groups is 2. The lowest BCUT2D eigenvalue weighted by atomic mass is 10.1. The molecule has 616 valence electrons. The normalized spacial score (nSPS) is 14.6. The topological polar surface area (TPSA) is 237 Å². The van der Waals surface area contributed by atoms with Crippen molar-refractivity contribution in [2.75, 3.05) is 39.6 Å². The third-order valence-corrected chi connectivity index (χ3v) is 18.9. The number of hydrogen-bond donors (Lipinski definition) is 3. The maximum absolute atomic E-state index is 13.1. The first-order valence-corrected chi connectivity index (χ1v) is 44.7. The smallest absolute Gasteiger partial charge is 0.462 e. The molecule has 108 heavy (non-hydrogen) atoms. The second-order valence-corrected chi connectivity index (χ2v) is 30.2. The zero-order chi connectivity index (χ0) is 78.9. The van der Waals surface area contributed by atoms with E-state index in [0.717, 1.165) is 193 Å². The Hall–Kier alpha value is -5.32. The molecule has 0 amide bonds. The highest BCUT2D eigenvalue weighted by Gasteiger charge is 2.30. The molecule has 0 aromatic rings. The van der Waals surface area contributed by atoms with E-state index in [4.69, 9.17) is 37.0 Å². The molecule has 0 aliphatic heterocycles. The van der Waals surface area contributed by atoms with E-state index in [0.29, 0.717) is 25.7 Å². The monoisotopic (exact) mass is 1550 g/mol. The van der Waals surface area contributed by atoms with Crippen LogP contribution >= 0.6 is 15.6 Å². The van der Waals surface area contributed by atoms with Crippen LogP contribution in [0.5, 0.6) is 0 Å². The van der Waals surface area contributed by atoms with E-state index < -0.39 is 97.5 Å². The summed E-state index contributed by atoms with van der Waals surface area (Å²) in [6.45, 7) is 4.53. The number of aliphatic hydroxyl groups is 1. The number of allylic oxidation sites excluding steroid dienone is 26. The van der Waals surface area contributed by atoms with Crippen LogP contribution in [-0.4, -0.2) is 96.7 Å². The van der Waals surface area contributed by atoms with Gasteiger partial charge in [0.05, 0.1) is 26.4 Å². The highest BCUT2D eigenvalue weighted by molar-refractivity contribution is 7.47. The molecule has 0 saturated carbocycles. The zero-order valence-electron chi connectivity index (χ0n) is 67.5. The zero-order valence-corrected chi connectivity index (χ0v) is 69.3. The molecular formula is C89H148O17P2. The predicted octanol–water partition coefficient (Wildman–Crippen LogP) is 24.8. The molecule has 0 aromatic heterocycles. The number of ether oxygens (including phenoxy) is 4. The quantitative estimate of drug-likeness (QED) is 0.0169. The number of carbonyl (C=O) groups is 4. The van der Waals surface area contributed by atoms with Gasteiger partial charge in [-0.05, 0) is 173 Å². The molecule has 0 spiro atoms. The van der Waals surface area contributed by atoms with Crippen molar-refractivity contribution in [3.8, 4) is 0 Å². The van der Waals surface area contributed by atoms with Crippen LogP contribution in [0, 0.1) is 0 Å².